The van der Waals surface area contributed by atoms with Crippen LogP contribution in [0.1, 0.15) is 61.5 Å². The average Bonchev–Trinajstić information content (AvgIpc) is 3.02. The Bertz CT molecular complexity index is 1050. The highest BCUT2D eigenvalue weighted by Gasteiger charge is 2.42. The number of alkyl halides is 1. The van der Waals surface area contributed by atoms with Crippen molar-refractivity contribution in [2.24, 2.45) is 0 Å². The molecule has 2 aromatic heterocycles. The maximum atomic E-state index is 15.3. The highest BCUT2D eigenvalue weighted by molar-refractivity contribution is 5.99. The van der Waals surface area contributed by atoms with E-state index in [0.717, 1.165) is 0 Å². The van der Waals surface area contributed by atoms with Crippen LogP contribution in [0.2, 0.25) is 0 Å². The molecule has 30 heavy (non-hydrogen) atoms. The molecular formula is C21H27FN4O4. The van der Waals surface area contributed by atoms with Gasteiger partial charge in [-0.3, -0.25) is 14.2 Å². The van der Waals surface area contributed by atoms with E-state index in [2.05, 4.69) is 15.3 Å². The van der Waals surface area contributed by atoms with E-state index in [1.807, 2.05) is 0 Å². The van der Waals surface area contributed by atoms with Crippen LogP contribution >= 0.6 is 0 Å². The number of nitrogens with zero attached hydrogens (tertiary/aromatic N) is 3. The third kappa shape index (κ3) is 3.50. The van der Waals surface area contributed by atoms with Gasteiger partial charge in [-0.25, -0.2) is 9.37 Å². The van der Waals surface area contributed by atoms with Crippen molar-refractivity contribution in [1.29, 1.82) is 0 Å². The molecule has 2 fully saturated rings. The normalized spacial score (nSPS) is 29.3. The Balaban J connectivity index is 1.89. The summed E-state index contributed by atoms with van der Waals surface area (Å²) in [4.78, 5) is 34.4. The van der Waals surface area contributed by atoms with E-state index in [4.69, 9.17) is 4.74 Å². The number of carbonyl (C=O) groups excluding carboxylic acids is 1. The molecule has 0 bridgehead atoms. The van der Waals surface area contributed by atoms with Crippen molar-refractivity contribution in [3.63, 3.8) is 0 Å². The number of pyridine rings is 1. The van der Waals surface area contributed by atoms with Crippen molar-refractivity contribution >= 4 is 22.8 Å². The fraction of sp³-hybridized carbons (Fsp3) is 0.619. The molecule has 8 nitrogen and oxygen atoms in total. The number of carbonyl (C=O) groups is 1. The quantitative estimate of drug-likeness (QED) is 0.734. The number of aliphatic hydroxyl groups excluding tert-OH is 1. The van der Waals surface area contributed by atoms with E-state index in [1.54, 1.807) is 13.1 Å². The van der Waals surface area contributed by atoms with Gasteiger partial charge >= 0.3 is 0 Å². The summed E-state index contributed by atoms with van der Waals surface area (Å²) in [7, 11) is 0. The summed E-state index contributed by atoms with van der Waals surface area (Å²) in [5.74, 6) is -0.116. The van der Waals surface area contributed by atoms with E-state index in [1.165, 1.54) is 18.4 Å². The number of aromatic nitrogens is 3. The number of ether oxygens (including phenoxy) is 1. The molecule has 0 amide bonds. The van der Waals surface area contributed by atoms with Crippen molar-refractivity contribution in [3.05, 3.63) is 27.7 Å². The molecule has 2 aliphatic rings. The Morgan fingerprint density at radius 3 is 2.83 bits per heavy atom. The predicted molar refractivity (Wildman–Crippen MR) is 110 cm³/mol. The Labute approximate surface area is 173 Å². The zero-order valence-electron chi connectivity index (χ0n) is 17.4. The van der Waals surface area contributed by atoms with Crippen molar-refractivity contribution < 1.29 is 19.0 Å². The van der Waals surface area contributed by atoms with Gasteiger partial charge in [-0.05, 0) is 52.0 Å². The Kier molecular flexibility index (Phi) is 5.36. The monoisotopic (exact) mass is 418 g/mol. The van der Waals surface area contributed by atoms with Gasteiger partial charge < -0.3 is 15.2 Å². The van der Waals surface area contributed by atoms with Crippen LogP contribution in [-0.4, -0.2) is 56.5 Å². The van der Waals surface area contributed by atoms with Gasteiger partial charge in [-0.2, -0.15) is 4.98 Å². The van der Waals surface area contributed by atoms with Gasteiger partial charge in [0.05, 0.1) is 30.4 Å². The molecule has 0 radical (unpaired) electrons. The van der Waals surface area contributed by atoms with Crippen molar-refractivity contribution in [2.45, 2.75) is 70.3 Å². The molecule has 1 saturated carbocycles. The first-order valence-corrected chi connectivity index (χ1v) is 10.3. The lowest BCUT2D eigenvalue weighted by Gasteiger charge is -2.29. The second-order valence-corrected chi connectivity index (χ2v) is 8.53. The summed E-state index contributed by atoms with van der Waals surface area (Å²) in [6.45, 7) is 5.25. The van der Waals surface area contributed by atoms with Gasteiger partial charge in [0.15, 0.2) is 5.78 Å². The second kappa shape index (κ2) is 7.70. The topological polar surface area (TPSA) is 106 Å². The largest absolute Gasteiger partial charge is 0.389 e. The fourth-order valence-electron chi connectivity index (χ4n) is 4.67. The number of aryl methyl sites for hydroxylation is 1. The molecule has 1 aliphatic heterocycles. The fourth-order valence-corrected chi connectivity index (χ4v) is 4.67. The third-order valence-corrected chi connectivity index (χ3v) is 6.35. The maximum absolute atomic E-state index is 15.3. The third-order valence-electron chi connectivity index (χ3n) is 6.35. The van der Waals surface area contributed by atoms with Gasteiger partial charge in [0.25, 0.3) is 5.56 Å². The SMILES string of the molecule is CC(=O)c1c(C)c2cnc(NC3CCOCC3O)nc2n(C2CCCC2(C)F)c1=O. The molecule has 4 rings (SSSR count). The standard InChI is InChI=1S/C21H27FN4O4/c1-11-13-9-23-20(24-14-6-8-30-10-15(14)28)25-18(13)26(19(29)17(11)12(2)27)16-5-4-7-21(16,3)22/h9,14-16,28H,4-8,10H2,1-3H3,(H,23,24,25). The van der Waals surface area contributed by atoms with Crippen molar-refractivity contribution in [2.75, 3.05) is 18.5 Å². The predicted octanol–water partition coefficient (Wildman–Crippen LogP) is 2.32. The molecule has 162 valence electrons. The molecule has 4 unspecified atom stereocenters. The molecule has 9 heteroatoms. The number of rotatable bonds is 4. The first kappa shape index (κ1) is 20.9. The summed E-state index contributed by atoms with van der Waals surface area (Å²) in [6.07, 6.45) is 2.93. The van der Waals surface area contributed by atoms with E-state index >= 15 is 4.39 Å². The number of aliphatic hydroxyl groups is 1. The average molecular weight is 418 g/mol. The summed E-state index contributed by atoms with van der Waals surface area (Å²) >= 11 is 0. The number of halogens is 1. The van der Waals surface area contributed by atoms with Crippen LogP contribution in [0.25, 0.3) is 11.0 Å². The lowest BCUT2D eigenvalue weighted by molar-refractivity contribution is -0.0136. The molecular weight excluding hydrogens is 391 g/mol. The molecule has 3 heterocycles. The number of hydrogen-bond donors (Lipinski definition) is 2. The maximum Gasteiger partial charge on any atom is 0.263 e. The smallest absolute Gasteiger partial charge is 0.263 e. The zero-order valence-corrected chi connectivity index (χ0v) is 17.4. The van der Waals surface area contributed by atoms with Crippen LogP contribution in [0.3, 0.4) is 0 Å². The van der Waals surface area contributed by atoms with E-state index in [9.17, 15) is 14.7 Å². The molecule has 2 N–H and O–H groups in total. The summed E-state index contributed by atoms with van der Waals surface area (Å²) < 4.78 is 21.9. The van der Waals surface area contributed by atoms with E-state index < -0.39 is 23.4 Å². The van der Waals surface area contributed by atoms with Crippen LogP contribution in [-0.2, 0) is 4.74 Å². The summed E-state index contributed by atoms with van der Waals surface area (Å²) in [6, 6.07) is -0.991. The number of anilines is 1. The number of hydrogen-bond acceptors (Lipinski definition) is 7. The minimum atomic E-state index is -1.57. The van der Waals surface area contributed by atoms with Crippen LogP contribution in [0.15, 0.2) is 11.0 Å². The van der Waals surface area contributed by atoms with Crippen molar-refractivity contribution in [1.82, 2.24) is 14.5 Å². The Morgan fingerprint density at radius 2 is 2.20 bits per heavy atom. The van der Waals surface area contributed by atoms with Gasteiger partial charge in [0, 0.05) is 18.2 Å². The summed E-state index contributed by atoms with van der Waals surface area (Å²) in [5, 5.41) is 13.8. The first-order chi connectivity index (χ1) is 14.2. The molecule has 0 aromatic carbocycles. The number of ketones is 1. The Hall–Kier alpha value is -2.39. The lowest BCUT2D eigenvalue weighted by Crippen LogP contribution is -2.42. The highest BCUT2D eigenvalue weighted by Crippen LogP contribution is 2.42. The minimum absolute atomic E-state index is 0.0503. The van der Waals surface area contributed by atoms with Crippen molar-refractivity contribution in [3.8, 4) is 0 Å². The number of nitrogens with one attached hydrogen (secondary N) is 1. The van der Waals surface area contributed by atoms with Crippen LogP contribution in [0.5, 0.6) is 0 Å². The van der Waals surface area contributed by atoms with Crippen LogP contribution < -0.4 is 10.9 Å². The molecule has 2 aromatic rings. The second-order valence-electron chi connectivity index (χ2n) is 8.53. The molecule has 0 spiro atoms. The molecule has 4 atom stereocenters. The van der Waals surface area contributed by atoms with Gasteiger partial charge in [0.1, 0.15) is 11.3 Å². The molecule has 1 saturated heterocycles. The lowest BCUT2D eigenvalue weighted by atomic mass is 9.99. The van der Waals surface area contributed by atoms with E-state index in [0.29, 0.717) is 48.9 Å². The number of Topliss-reactive ketones (excluding diaryl/α,β-unsaturated/α-hetero) is 1. The van der Waals surface area contributed by atoms with Gasteiger partial charge in [0.2, 0.25) is 5.95 Å². The van der Waals surface area contributed by atoms with Crippen LogP contribution in [0.4, 0.5) is 10.3 Å². The number of fused-ring (bicyclic) bond motifs is 1. The molecule has 1 aliphatic carbocycles. The van der Waals surface area contributed by atoms with E-state index in [-0.39, 0.29) is 29.9 Å². The highest BCUT2D eigenvalue weighted by atomic mass is 19.1. The summed E-state index contributed by atoms with van der Waals surface area (Å²) in [5.41, 5.74) is -1.24. The van der Waals surface area contributed by atoms with Gasteiger partial charge in [-0.1, -0.05) is 0 Å². The zero-order chi connectivity index (χ0) is 21.6. The van der Waals surface area contributed by atoms with Crippen LogP contribution in [0, 0.1) is 6.92 Å². The minimum Gasteiger partial charge on any atom is -0.389 e. The van der Waals surface area contributed by atoms with Gasteiger partial charge in [-0.15, -0.1) is 0 Å². The first-order valence-electron chi connectivity index (χ1n) is 10.3. The Morgan fingerprint density at radius 1 is 1.43 bits per heavy atom.